The highest BCUT2D eigenvalue weighted by molar-refractivity contribution is 6.68. The monoisotopic (exact) mass is 251 g/mol. The van der Waals surface area contributed by atoms with Gasteiger partial charge in [0.2, 0.25) is 0 Å². The highest BCUT2D eigenvalue weighted by atomic mass is 35.5. The summed E-state index contributed by atoms with van der Waals surface area (Å²) in [6.45, 7) is 1.89. The molecule has 7 heteroatoms. The maximum atomic E-state index is 5.73. The van der Waals surface area contributed by atoms with E-state index in [0.717, 1.165) is 30.0 Å². The van der Waals surface area contributed by atoms with E-state index in [0.29, 0.717) is 5.17 Å². The largest absolute Gasteiger partial charge is 0.370 e. The molecule has 1 rings (SSSR count). The number of allylic oxidation sites excluding steroid dienone is 1. The Hall–Kier alpha value is -0.650. The van der Waals surface area contributed by atoms with E-state index in [4.69, 9.17) is 23.4 Å². The second-order valence-corrected chi connectivity index (χ2v) is 4.14. The lowest BCUT2D eigenvalue weighted by Crippen LogP contribution is -2.37. The van der Waals surface area contributed by atoms with Gasteiger partial charge in [0.15, 0.2) is 5.17 Å². The summed E-state index contributed by atoms with van der Waals surface area (Å²) in [6, 6.07) is 0. The first-order valence-electron chi connectivity index (χ1n) is 4.65. The molecule has 15 heavy (non-hydrogen) atoms. The topological polar surface area (TPSA) is 42.9 Å². The molecule has 0 atom stereocenters. The Kier molecular flexibility index (Phi) is 5.01. The number of hydrazine groups is 1. The maximum Gasteiger partial charge on any atom is 0.156 e. The average molecular weight is 252 g/mol. The molecule has 1 heterocycles. The molecule has 0 unspecified atom stereocenters. The predicted molar refractivity (Wildman–Crippen MR) is 63.4 cm³/mol. The number of rotatable bonds is 5. The Morgan fingerprint density at radius 3 is 2.93 bits per heavy atom. The fourth-order valence-corrected chi connectivity index (χ4v) is 1.49. The second kappa shape index (κ2) is 6.05. The minimum atomic E-state index is 0.346. The van der Waals surface area contributed by atoms with Crippen LogP contribution in [-0.4, -0.2) is 41.9 Å². The summed E-state index contributed by atoms with van der Waals surface area (Å²) < 4.78 is 1.05. The van der Waals surface area contributed by atoms with Crippen molar-refractivity contribution in [1.29, 1.82) is 0 Å². The molecule has 0 fully saturated rings. The molecule has 0 aromatic rings. The third-order valence-corrected chi connectivity index (χ3v) is 2.10. The van der Waals surface area contributed by atoms with Crippen LogP contribution in [0.2, 0.25) is 0 Å². The van der Waals surface area contributed by atoms with Gasteiger partial charge in [0.1, 0.15) is 5.82 Å². The fourth-order valence-electron chi connectivity index (χ4n) is 1.10. The lowest BCUT2D eigenvalue weighted by Gasteiger charge is -2.20. The normalized spacial score (nSPS) is 15.9. The van der Waals surface area contributed by atoms with Gasteiger partial charge < -0.3 is 10.2 Å². The zero-order valence-electron chi connectivity index (χ0n) is 8.80. The Morgan fingerprint density at radius 2 is 2.33 bits per heavy atom. The van der Waals surface area contributed by atoms with E-state index in [-0.39, 0.29) is 0 Å². The van der Waals surface area contributed by atoms with Crippen molar-refractivity contribution in [1.82, 2.24) is 20.3 Å². The van der Waals surface area contributed by atoms with Crippen LogP contribution in [0.3, 0.4) is 0 Å². The summed E-state index contributed by atoms with van der Waals surface area (Å²) in [7, 11) is 4.09. The van der Waals surface area contributed by atoms with Gasteiger partial charge >= 0.3 is 0 Å². The van der Waals surface area contributed by atoms with Gasteiger partial charge in [-0.2, -0.15) is 0 Å². The average Bonchev–Trinajstić information content (AvgIpc) is 2.10. The molecule has 0 radical (unpaired) electrons. The molecule has 0 saturated carbocycles. The van der Waals surface area contributed by atoms with Gasteiger partial charge in [0.25, 0.3) is 0 Å². The van der Waals surface area contributed by atoms with E-state index < -0.39 is 0 Å². The van der Waals surface area contributed by atoms with Gasteiger partial charge in [0.05, 0.1) is 11.8 Å². The summed E-state index contributed by atoms with van der Waals surface area (Å²) in [5, 5.41) is 7.25. The number of nitrogens with zero attached hydrogens (tertiary/aromatic N) is 3. The molecule has 0 spiro atoms. The van der Waals surface area contributed by atoms with Crippen LogP contribution < -0.4 is 10.7 Å². The Balaban J connectivity index is 2.24. The van der Waals surface area contributed by atoms with Crippen LogP contribution in [0.15, 0.2) is 17.0 Å². The number of hydrogen-bond donors (Lipinski definition) is 2. The van der Waals surface area contributed by atoms with Crippen molar-refractivity contribution in [3.8, 4) is 0 Å². The van der Waals surface area contributed by atoms with Gasteiger partial charge in [-0.25, -0.2) is 0 Å². The molecule has 0 aromatic carbocycles. The first-order valence-corrected chi connectivity index (χ1v) is 5.36. The van der Waals surface area contributed by atoms with Gasteiger partial charge in [-0.05, 0) is 27.1 Å². The van der Waals surface area contributed by atoms with Crippen LogP contribution in [0.5, 0.6) is 0 Å². The first-order chi connectivity index (χ1) is 7.08. The van der Waals surface area contributed by atoms with Gasteiger partial charge in [-0.15, -0.1) is 9.74 Å². The number of hydrazone groups is 1. The summed E-state index contributed by atoms with van der Waals surface area (Å²) in [4.78, 5) is 2.13. The molecule has 1 aliphatic rings. The molecular formula is C8H15Cl2N5. The smallest absolute Gasteiger partial charge is 0.156 e. The molecule has 0 amide bonds. The highest BCUT2D eigenvalue weighted by Crippen LogP contribution is 2.04. The molecule has 0 aliphatic carbocycles. The lowest BCUT2D eigenvalue weighted by molar-refractivity contribution is 0.365. The number of hydrogen-bond acceptors (Lipinski definition) is 5. The summed E-state index contributed by atoms with van der Waals surface area (Å²) >= 11 is 11.4. The Labute approximate surface area is 99.8 Å². The zero-order valence-corrected chi connectivity index (χ0v) is 10.3. The molecule has 0 aromatic heterocycles. The molecule has 0 bridgehead atoms. The quantitative estimate of drug-likeness (QED) is 0.563. The Morgan fingerprint density at radius 1 is 1.60 bits per heavy atom. The van der Waals surface area contributed by atoms with Crippen molar-refractivity contribution < 1.29 is 0 Å². The van der Waals surface area contributed by atoms with E-state index in [2.05, 4.69) is 20.7 Å². The summed E-state index contributed by atoms with van der Waals surface area (Å²) in [5.74, 6) is 0.753. The van der Waals surface area contributed by atoms with E-state index in [1.807, 2.05) is 14.1 Å². The van der Waals surface area contributed by atoms with Crippen molar-refractivity contribution in [2.24, 2.45) is 5.10 Å². The predicted octanol–water partition coefficient (Wildman–Crippen LogP) is 0.895. The van der Waals surface area contributed by atoms with Crippen molar-refractivity contribution in [3.05, 3.63) is 11.9 Å². The van der Waals surface area contributed by atoms with E-state index in [1.54, 1.807) is 6.08 Å². The molecule has 0 saturated heterocycles. The van der Waals surface area contributed by atoms with Crippen molar-refractivity contribution in [3.63, 3.8) is 0 Å². The van der Waals surface area contributed by atoms with Crippen LogP contribution in [0.25, 0.3) is 0 Å². The minimum Gasteiger partial charge on any atom is -0.370 e. The first kappa shape index (κ1) is 12.4. The van der Waals surface area contributed by atoms with Gasteiger partial charge in [0, 0.05) is 12.6 Å². The van der Waals surface area contributed by atoms with Crippen molar-refractivity contribution in [2.45, 2.75) is 6.42 Å². The maximum absolute atomic E-state index is 5.73. The Bertz CT molecular complexity index is 264. The van der Waals surface area contributed by atoms with Crippen molar-refractivity contribution in [2.75, 3.05) is 27.2 Å². The van der Waals surface area contributed by atoms with Crippen LogP contribution in [0.4, 0.5) is 0 Å². The highest BCUT2D eigenvalue weighted by Gasteiger charge is 2.08. The lowest BCUT2D eigenvalue weighted by atomic mass is 10.4. The van der Waals surface area contributed by atoms with Gasteiger partial charge in [-0.3, -0.25) is 5.43 Å². The fraction of sp³-hybridized carbons (Fsp3) is 0.625. The van der Waals surface area contributed by atoms with Crippen molar-refractivity contribution >= 4 is 28.5 Å². The third kappa shape index (κ3) is 5.11. The minimum absolute atomic E-state index is 0.346. The second-order valence-electron chi connectivity index (χ2n) is 3.44. The zero-order chi connectivity index (χ0) is 11.3. The number of halogens is 2. The van der Waals surface area contributed by atoms with Crippen LogP contribution in [0.1, 0.15) is 6.42 Å². The SMILES string of the molecule is CN(C)CCCNC1=CC(Cl)=NN(Cl)N1. The van der Waals surface area contributed by atoms with E-state index in [1.165, 1.54) is 0 Å². The molecular weight excluding hydrogens is 237 g/mol. The molecule has 86 valence electrons. The number of nitrogens with one attached hydrogen (secondary N) is 2. The van der Waals surface area contributed by atoms with E-state index in [9.17, 15) is 0 Å². The van der Waals surface area contributed by atoms with Gasteiger partial charge in [-0.1, -0.05) is 11.6 Å². The van der Waals surface area contributed by atoms with E-state index >= 15 is 0 Å². The third-order valence-electron chi connectivity index (χ3n) is 1.76. The molecule has 5 nitrogen and oxygen atoms in total. The van der Waals surface area contributed by atoms with Crippen LogP contribution in [0, 0.1) is 0 Å². The standard InChI is InChI=1S/C8H15Cl2N5/c1-14(2)5-3-4-11-8-6-7(9)12-15(10)13-8/h6,11,13H,3-5H2,1-2H3. The molecule has 1 aliphatic heterocycles. The molecule has 2 N–H and O–H groups in total. The van der Waals surface area contributed by atoms with Crippen LogP contribution >= 0.6 is 23.4 Å². The summed E-state index contributed by atoms with van der Waals surface area (Å²) in [5.41, 5.74) is 2.80. The summed E-state index contributed by atoms with van der Waals surface area (Å²) in [6.07, 6.45) is 2.74. The van der Waals surface area contributed by atoms with Crippen LogP contribution in [-0.2, 0) is 0 Å².